The summed E-state index contributed by atoms with van der Waals surface area (Å²) in [7, 11) is 0. The molecule has 0 fully saturated rings. The molecule has 4 heavy (non-hydrogen) atoms. The van der Waals surface area contributed by atoms with E-state index >= 15 is 0 Å². The van der Waals surface area contributed by atoms with E-state index in [0.29, 0.717) is 0 Å². The number of halogens is 3. The standard InChI is InChI=1S/Ag.3HI/h;3*1H/q+3;;;/p-3. The molecule has 0 bridgehead atoms. The Labute approximate surface area is 62.2 Å². The van der Waals surface area contributed by atoms with E-state index < -0.39 is 0 Å². The molecule has 0 unspecified atom stereocenters. The van der Waals surface area contributed by atoms with E-state index in [2.05, 4.69) is 57.1 Å². The molecule has 0 radical (unpaired) electrons. The van der Waals surface area contributed by atoms with Gasteiger partial charge in [0.25, 0.3) is 0 Å². The van der Waals surface area contributed by atoms with Gasteiger partial charge in [-0.1, -0.05) is 0 Å². The molecule has 0 aliphatic rings. The van der Waals surface area contributed by atoms with E-state index in [1.54, 1.807) is 0 Å². The van der Waals surface area contributed by atoms with Crippen molar-refractivity contribution in [3.8, 4) is 0 Å². The van der Waals surface area contributed by atoms with Crippen molar-refractivity contribution in [3.05, 3.63) is 0 Å². The van der Waals surface area contributed by atoms with Crippen LogP contribution in [0, 0.1) is 0 Å². The van der Waals surface area contributed by atoms with Gasteiger partial charge in [-0.05, 0) is 0 Å². The first-order valence-electron chi connectivity index (χ1n) is 0.342. The van der Waals surface area contributed by atoms with E-state index in [1.165, 1.54) is 0 Å². The summed E-state index contributed by atoms with van der Waals surface area (Å²) in [6, 6.07) is 0. The number of hydrogen-bond donors (Lipinski definition) is 0. The van der Waals surface area contributed by atoms with Crippen molar-refractivity contribution >= 4 is 57.1 Å². The Hall–Kier alpha value is 2.93. The van der Waals surface area contributed by atoms with Crippen molar-refractivity contribution in [1.82, 2.24) is 0 Å². The molecule has 0 aliphatic carbocycles. The fourth-order valence-corrected chi connectivity index (χ4v) is 0. The van der Waals surface area contributed by atoms with Gasteiger partial charge in [0.15, 0.2) is 0 Å². The SMILES string of the molecule is [I][Ag]([I])[I]. The summed E-state index contributed by atoms with van der Waals surface area (Å²) in [4.78, 5) is 0. The fraction of sp³-hybridized carbons (Fsp3) is 0. The van der Waals surface area contributed by atoms with Crippen LogP contribution in [0.25, 0.3) is 0 Å². The zero-order valence-corrected chi connectivity index (χ0v) is 9.39. The van der Waals surface area contributed by atoms with E-state index in [4.69, 9.17) is 0 Å². The Morgan fingerprint density at radius 2 is 1.00 bits per heavy atom. The normalized spacial score (nSPS) is 11.2. The van der Waals surface area contributed by atoms with Crippen molar-refractivity contribution in [2.45, 2.75) is 0 Å². The van der Waals surface area contributed by atoms with Gasteiger partial charge in [-0.25, -0.2) is 0 Å². The minimum absolute atomic E-state index is 0.0200. The predicted molar refractivity (Wildman–Crippen MR) is 42.1 cm³/mol. The van der Waals surface area contributed by atoms with Crippen molar-refractivity contribution in [2.75, 3.05) is 0 Å². The second-order valence-electron chi connectivity index (χ2n) is 0.129. The van der Waals surface area contributed by atoms with Crippen LogP contribution in [-0.2, 0) is 6.99 Å². The van der Waals surface area contributed by atoms with E-state index in [-0.39, 0.29) is 6.99 Å². The van der Waals surface area contributed by atoms with Crippen LogP contribution in [0.5, 0.6) is 0 Å². The summed E-state index contributed by atoms with van der Waals surface area (Å²) in [6.45, 7) is 0.0200. The third-order valence-electron chi connectivity index (χ3n) is 0. The molecular weight excluding hydrogens is 489 g/mol. The minimum atomic E-state index is 0.0200. The molecule has 0 N–H and O–H groups in total. The van der Waals surface area contributed by atoms with Crippen molar-refractivity contribution in [1.29, 1.82) is 0 Å². The third kappa shape index (κ3) is 8.87. The first-order valence-corrected chi connectivity index (χ1v) is 13.6. The molecule has 0 nitrogen and oxygen atoms in total. The number of rotatable bonds is 0. The average Bonchev–Trinajstić information content (AvgIpc) is 0.811. The van der Waals surface area contributed by atoms with Gasteiger partial charge in [-0.2, -0.15) is 0 Å². The fourth-order valence-electron chi connectivity index (χ4n) is 0. The van der Waals surface area contributed by atoms with Crippen LogP contribution in [0.3, 0.4) is 0 Å². The van der Waals surface area contributed by atoms with Crippen LogP contribution in [-0.4, -0.2) is 0 Å². The van der Waals surface area contributed by atoms with Crippen LogP contribution in [0.15, 0.2) is 0 Å². The molecule has 0 aromatic heterocycles. The Bertz CT molecular complexity index is 8.00. The van der Waals surface area contributed by atoms with Crippen molar-refractivity contribution in [2.24, 2.45) is 0 Å². The topological polar surface area (TPSA) is 0 Å². The average molecular weight is 489 g/mol. The first-order chi connectivity index (χ1) is 1.73. The third-order valence-corrected chi connectivity index (χ3v) is 0. The number of hydrogen-bond acceptors (Lipinski definition) is 0. The molecule has 0 atom stereocenters. The quantitative estimate of drug-likeness (QED) is 0.363. The summed E-state index contributed by atoms with van der Waals surface area (Å²) in [5, 5.41) is 0. The summed E-state index contributed by atoms with van der Waals surface area (Å²) >= 11 is 7.26. The summed E-state index contributed by atoms with van der Waals surface area (Å²) in [6.07, 6.45) is 0. The maximum atomic E-state index is 2.42. The van der Waals surface area contributed by atoms with Crippen molar-refractivity contribution in [3.63, 3.8) is 0 Å². The molecule has 0 saturated carbocycles. The Kier molecular flexibility index (Phi) is 7.10. The summed E-state index contributed by atoms with van der Waals surface area (Å²) in [5.41, 5.74) is 0. The van der Waals surface area contributed by atoms with Gasteiger partial charge in [-0.3, -0.25) is 0 Å². The van der Waals surface area contributed by atoms with Crippen LogP contribution in [0.2, 0.25) is 0 Å². The van der Waals surface area contributed by atoms with Gasteiger partial charge >= 0.3 is 64.1 Å². The molecule has 0 spiro atoms. The Morgan fingerprint density at radius 3 is 1.00 bits per heavy atom. The van der Waals surface area contributed by atoms with Gasteiger partial charge in [0.2, 0.25) is 0 Å². The van der Waals surface area contributed by atoms with E-state index in [9.17, 15) is 0 Å². The molecule has 0 saturated heterocycles. The molecule has 0 heterocycles. The summed E-state index contributed by atoms with van der Waals surface area (Å²) < 4.78 is 0. The van der Waals surface area contributed by atoms with Crippen LogP contribution >= 0.6 is 57.1 Å². The monoisotopic (exact) mass is 488 g/mol. The molecule has 32 valence electrons. The maximum absolute atomic E-state index is 2.42. The first kappa shape index (κ1) is 6.93. The molecule has 4 heteroatoms. The molecule has 0 rings (SSSR count). The predicted octanol–water partition coefficient (Wildman–Crippen LogP) is 2.65. The van der Waals surface area contributed by atoms with Gasteiger partial charge < -0.3 is 0 Å². The molecule has 0 aromatic carbocycles. The molecule has 0 aliphatic heterocycles. The molecule has 0 amide bonds. The second-order valence-corrected chi connectivity index (χ2v) is 34.4. The molecule has 0 aromatic rings. The van der Waals surface area contributed by atoms with E-state index in [0.717, 1.165) is 0 Å². The van der Waals surface area contributed by atoms with Crippen molar-refractivity contribution < 1.29 is 6.99 Å². The van der Waals surface area contributed by atoms with Gasteiger partial charge in [0.1, 0.15) is 0 Å². The zero-order chi connectivity index (χ0) is 3.58. The van der Waals surface area contributed by atoms with Crippen LogP contribution in [0.1, 0.15) is 0 Å². The van der Waals surface area contributed by atoms with Gasteiger partial charge in [-0.15, -0.1) is 0 Å². The zero-order valence-electron chi connectivity index (χ0n) is 1.44. The van der Waals surface area contributed by atoms with Crippen LogP contribution in [0.4, 0.5) is 0 Å². The van der Waals surface area contributed by atoms with E-state index in [1.807, 2.05) is 0 Å². The Morgan fingerprint density at radius 1 is 1.00 bits per heavy atom. The molecular formula is AgI3. The van der Waals surface area contributed by atoms with Crippen LogP contribution < -0.4 is 0 Å². The van der Waals surface area contributed by atoms with Gasteiger partial charge in [0, 0.05) is 0 Å². The summed E-state index contributed by atoms with van der Waals surface area (Å²) in [5.74, 6) is 0. The van der Waals surface area contributed by atoms with Gasteiger partial charge in [0.05, 0.1) is 0 Å². The Balaban J connectivity index is 2.32. The second kappa shape index (κ2) is 4.10.